The molecule has 238 valence electrons. The van der Waals surface area contributed by atoms with E-state index in [0.29, 0.717) is 23.4 Å². The molecule has 0 aliphatic carbocycles. The van der Waals surface area contributed by atoms with Gasteiger partial charge in [0, 0.05) is 29.1 Å². The summed E-state index contributed by atoms with van der Waals surface area (Å²) >= 11 is 0. The third-order valence-electron chi connectivity index (χ3n) is 8.64. The average Bonchev–Trinajstić information content (AvgIpc) is 3.16. The quantitative estimate of drug-likeness (QED) is 0.148. The number of benzene rings is 5. The third kappa shape index (κ3) is 7.29. The summed E-state index contributed by atoms with van der Waals surface area (Å²) in [7, 11) is 0. The summed E-state index contributed by atoms with van der Waals surface area (Å²) in [5.74, 6) is 2.44. The molecule has 0 fully saturated rings. The number of pyridine rings is 1. The number of hydrogen-bond acceptors (Lipinski definition) is 4. The second kappa shape index (κ2) is 14.4. The predicted molar refractivity (Wildman–Crippen MR) is 204 cm³/mol. The topological polar surface area (TPSA) is 51.6 Å². The average molecular weight is 635 g/mol. The van der Waals surface area contributed by atoms with Crippen molar-refractivity contribution in [1.82, 2.24) is 19.9 Å². The lowest BCUT2D eigenvalue weighted by Gasteiger charge is -2.14. The zero-order chi connectivity index (χ0) is 33.6. The molecule has 5 aromatic carbocycles. The minimum absolute atomic E-state index is 0.517. The van der Waals surface area contributed by atoms with E-state index in [1.807, 2.05) is 79.1 Å². The molecule has 0 N–H and O–H groups in total. The van der Waals surface area contributed by atoms with Gasteiger partial charge in [0.25, 0.3) is 0 Å². The molecule has 49 heavy (non-hydrogen) atoms. The molecule has 0 spiro atoms. The Morgan fingerprint density at radius 1 is 0.571 bits per heavy atom. The number of aromatic nitrogens is 4. The van der Waals surface area contributed by atoms with Gasteiger partial charge in [0.15, 0.2) is 17.5 Å². The van der Waals surface area contributed by atoms with Crippen molar-refractivity contribution < 1.29 is 0 Å². The van der Waals surface area contributed by atoms with Gasteiger partial charge < -0.3 is 0 Å². The van der Waals surface area contributed by atoms with Crippen LogP contribution in [0.1, 0.15) is 38.3 Å². The first-order chi connectivity index (χ1) is 24.0. The summed E-state index contributed by atoms with van der Waals surface area (Å²) in [5.41, 5.74) is 9.78. The Balaban J connectivity index is 1.43. The van der Waals surface area contributed by atoms with Crippen LogP contribution >= 0.6 is 0 Å². The monoisotopic (exact) mass is 634 g/mol. The second-order valence-electron chi connectivity index (χ2n) is 12.7. The molecule has 0 saturated carbocycles. The lowest BCUT2D eigenvalue weighted by atomic mass is 9.92. The van der Waals surface area contributed by atoms with E-state index in [4.69, 9.17) is 15.0 Å². The SMILES string of the molecule is C/C(=C\C=C(/CC(C)C)c1cccnc1)c1cc(-c2nc(-c3ccccc3)nc(-c3ccccc3)n2)cc(-c2cccc3ccccc23)c1. The van der Waals surface area contributed by atoms with Crippen LogP contribution in [0, 0.1) is 5.92 Å². The first kappa shape index (κ1) is 31.6. The molecular weight excluding hydrogens is 597 g/mol. The number of hydrogen-bond donors (Lipinski definition) is 0. The normalized spacial score (nSPS) is 12.1. The lowest BCUT2D eigenvalue weighted by molar-refractivity contribution is 0.673. The van der Waals surface area contributed by atoms with Crippen molar-refractivity contribution in [2.75, 3.05) is 0 Å². The van der Waals surface area contributed by atoms with E-state index in [1.54, 1.807) is 0 Å². The van der Waals surface area contributed by atoms with Crippen LogP contribution in [-0.2, 0) is 0 Å². The summed E-state index contributed by atoms with van der Waals surface area (Å²) in [6.07, 6.45) is 9.22. The Bertz CT molecular complexity index is 2210. The molecular formula is C45H38N4. The minimum Gasteiger partial charge on any atom is -0.264 e. The molecule has 4 heteroatoms. The molecule has 0 amide bonds. The first-order valence-electron chi connectivity index (χ1n) is 16.8. The molecule has 0 unspecified atom stereocenters. The molecule has 0 saturated heterocycles. The van der Waals surface area contributed by atoms with Gasteiger partial charge in [-0.1, -0.05) is 135 Å². The lowest BCUT2D eigenvalue weighted by Crippen LogP contribution is -2.00. The highest BCUT2D eigenvalue weighted by molar-refractivity contribution is 5.98. The van der Waals surface area contributed by atoms with E-state index in [2.05, 4.69) is 105 Å². The molecule has 0 aliphatic heterocycles. The van der Waals surface area contributed by atoms with Crippen molar-refractivity contribution in [3.05, 3.63) is 169 Å². The van der Waals surface area contributed by atoms with Crippen molar-refractivity contribution >= 4 is 21.9 Å². The van der Waals surface area contributed by atoms with E-state index >= 15 is 0 Å². The van der Waals surface area contributed by atoms with Crippen molar-refractivity contribution in [2.45, 2.75) is 27.2 Å². The smallest absolute Gasteiger partial charge is 0.164 e. The van der Waals surface area contributed by atoms with Gasteiger partial charge in [-0.15, -0.1) is 0 Å². The highest BCUT2D eigenvalue weighted by Crippen LogP contribution is 2.35. The molecule has 7 rings (SSSR count). The highest BCUT2D eigenvalue weighted by Gasteiger charge is 2.15. The maximum absolute atomic E-state index is 5.08. The Morgan fingerprint density at radius 3 is 1.84 bits per heavy atom. The van der Waals surface area contributed by atoms with Gasteiger partial charge in [0.1, 0.15) is 0 Å². The number of fused-ring (bicyclic) bond motifs is 1. The van der Waals surface area contributed by atoms with Gasteiger partial charge in [-0.25, -0.2) is 15.0 Å². The van der Waals surface area contributed by atoms with Crippen LogP contribution in [0.25, 0.3) is 67.2 Å². The van der Waals surface area contributed by atoms with Crippen molar-refractivity contribution in [1.29, 1.82) is 0 Å². The van der Waals surface area contributed by atoms with Crippen LogP contribution in [-0.4, -0.2) is 19.9 Å². The maximum Gasteiger partial charge on any atom is 0.164 e. The molecule has 0 radical (unpaired) electrons. The van der Waals surface area contributed by atoms with Gasteiger partial charge in [0.2, 0.25) is 0 Å². The van der Waals surface area contributed by atoms with Crippen LogP contribution in [0.5, 0.6) is 0 Å². The Labute approximate surface area is 288 Å². The second-order valence-corrected chi connectivity index (χ2v) is 12.7. The number of rotatable bonds is 9. The van der Waals surface area contributed by atoms with Crippen LogP contribution in [0.2, 0.25) is 0 Å². The zero-order valence-corrected chi connectivity index (χ0v) is 28.1. The summed E-state index contributed by atoms with van der Waals surface area (Å²) in [6, 6.07) is 46.1. The van der Waals surface area contributed by atoms with Gasteiger partial charge in [-0.2, -0.15) is 0 Å². The van der Waals surface area contributed by atoms with Crippen LogP contribution in [0.3, 0.4) is 0 Å². The van der Waals surface area contributed by atoms with Crippen molar-refractivity contribution in [3.8, 4) is 45.3 Å². The Kier molecular flexibility index (Phi) is 9.29. The van der Waals surface area contributed by atoms with E-state index in [9.17, 15) is 0 Å². The summed E-state index contributed by atoms with van der Waals surface area (Å²) in [6.45, 7) is 6.68. The Hall–Kier alpha value is -6.00. The molecule has 7 aromatic rings. The molecule has 0 bridgehead atoms. The zero-order valence-electron chi connectivity index (χ0n) is 28.1. The van der Waals surface area contributed by atoms with E-state index in [1.165, 1.54) is 21.9 Å². The highest BCUT2D eigenvalue weighted by atomic mass is 15.0. The van der Waals surface area contributed by atoms with Crippen LogP contribution < -0.4 is 0 Å². The standard InChI is InChI=1S/C45H38N4/c1-31(2)26-36(37-20-13-25-46-30-37)24-23-32(3)38-27-39(42-22-12-19-33-14-10-11-21-41(33)42)29-40(28-38)45-48-43(34-15-6-4-7-16-34)47-44(49-45)35-17-8-5-9-18-35/h4-25,27-31H,26H2,1-3H3/b32-23+,36-24+. The predicted octanol–water partition coefficient (Wildman–Crippen LogP) is 11.6. The van der Waals surface area contributed by atoms with E-state index in [0.717, 1.165) is 45.4 Å². The summed E-state index contributed by atoms with van der Waals surface area (Å²) in [5, 5.41) is 2.41. The van der Waals surface area contributed by atoms with Gasteiger partial charge in [-0.3, -0.25) is 4.98 Å². The molecule has 0 atom stereocenters. The molecule has 2 aromatic heterocycles. The fraction of sp³-hybridized carbons (Fsp3) is 0.111. The minimum atomic E-state index is 0.517. The summed E-state index contributed by atoms with van der Waals surface area (Å²) < 4.78 is 0. The molecule has 4 nitrogen and oxygen atoms in total. The van der Waals surface area contributed by atoms with Crippen LogP contribution in [0.4, 0.5) is 0 Å². The van der Waals surface area contributed by atoms with Gasteiger partial charge >= 0.3 is 0 Å². The van der Waals surface area contributed by atoms with Gasteiger partial charge in [-0.05, 0) is 87.7 Å². The third-order valence-corrected chi connectivity index (χ3v) is 8.64. The first-order valence-corrected chi connectivity index (χ1v) is 16.8. The molecule has 0 aliphatic rings. The van der Waals surface area contributed by atoms with E-state index in [-0.39, 0.29) is 0 Å². The van der Waals surface area contributed by atoms with Crippen LogP contribution in [0.15, 0.2) is 158 Å². The Morgan fingerprint density at radius 2 is 1.18 bits per heavy atom. The fourth-order valence-corrected chi connectivity index (χ4v) is 6.15. The largest absolute Gasteiger partial charge is 0.264 e. The summed E-state index contributed by atoms with van der Waals surface area (Å²) in [4.78, 5) is 19.5. The van der Waals surface area contributed by atoms with Crippen molar-refractivity contribution in [2.24, 2.45) is 5.92 Å². The molecule has 2 heterocycles. The maximum atomic E-state index is 5.08. The van der Waals surface area contributed by atoms with Crippen molar-refractivity contribution in [3.63, 3.8) is 0 Å². The number of allylic oxidation sites excluding steroid dienone is 4. The fourth-order valence-electron chi connectivity index (χ4n) is 6.15. The van der Waals surface area contributed by atoms with Gasteiger partial charge in [0.05, 0.1) is 0 Å². The number of nitrogens with zero attached hydrogens (tertiary/aromatic N) is 4. The van der Waals surface area contributed by atoms with E-state index < -0.39 is 0 Å².